The van der Waals surface area contributed by atoms with E-state index in [9.17, 15) is 0 Å². The van der Waals surface area contributed by atoms with Crippen molar-refractivity contribution in [3.05, 3.63) is 0 Å². The monoisotopic (exact) mass is 276 g/mol. The Labute approximate surface area is 127 Å². The minimum atomic E-state index is 0.677. The molecule has 3 saturated carbocycles. The van der Waals surface area contributed by atoms with E-state index in [-0.39, 0.29) is 0 Å². The van der Waals surface area contributed by atoms with Crippen LogP contribution in [-0.4, -0.2) is 0 Å². The summed E-state index contributed by atoms with van der Waals surface area (Å²) in [7, 11) is 0. The SMILES string of the molecule is CC1CCC2[C@H](C(C)C)CC[C@@]2(C)CC2C(C)CCC12. The first-order valence-electron chi connectivity index (χ1n) is 9.42. The number of hydrogen-bond donors (Lipinski definition) is 0. The van der Waals surface area contributed by atoms with Crippen LogP contribution in [0.2, 0.25) is 0 Å². The molecule has 0 aromatic carbocycles. The first-order valence-corrected chi connectivity index (χ1v) is 9.42. The van der Waals surface area contributed by atoms with Crippen molar-refractivity contribution < 1.29 is 0 Å². The van der Waals surface area contributed by atoms with Crippen LogP contribution in [0.1, 0.15) is 79.6 Å². The molecule has 0 radical (unpaired) electrons. The van der Waals surface area contributed by atoms with E-state index in [0.717, 1.165) is 41.4 Å². The molecule has 0 saturated heterocycles. The van der Waals surface area contributed by atoms with Crippen molar-refractivity contribution in [2.24, 2.45) is 46.8 Å². The van der Waals surface area contributed by atoms with Crippen LogP contribution in [0.5, 0.6) is 0 Å². The molecule has 0 aromatic heterocycles. The lowest BCUT2D eigenvalue weighted by Gasteiger charge is -2.44. The summed E-state index contributed by atoms with van der Waals surface area (Å²) in [6, 6.07) is 0. The Morgan fingerprint density at radius 3 is 2.20 bits per heavy atom. The molecule has 0 heteroatoms. The summed E-state index contributed by atoms with van der Waals surface area (Å²) >= 11 is 0. The lowest BCUT2D eigenvalue weighted by atomic mass is 9.61. The molecule has 7 atom stereocenters. The maximum absolute atomic E-state index is 2.66. The van der Waals surface area contributed by atoms with Crippen molar-refractivity contribution in [1.29, 1.82) is 0 Å². The molecule has 0 bridgehead atoms. The van der Waals surface area contributed by atoms with Crippen molar-refractivity contribution in [2.75, 3.05) is 0 Å². The van der Waals surface area contributed by atoms with Gasteiger partial charge in [0.1, 0.15) is 0 Å². The van der Waals surface area contributed by atoms with Gasteiger partial charge in [-0.15, -0.1) is 0 Å². The summed E-state index contributed by atoms with van der Waals surface area (Å²) < 4.78 is 0. The van der Waals surface area contributed by atoms with Crippen LogP contribution < -0.4 is 0 Å². The van der Waals surface area contributed by atoms with Crippen molar-refractivity contribution in [3.8, 4) is 0 Å². The van der Waals surface area contributed by atoms with E-state index in [0.29, 0.717) is 5.41 Å². The Morgan fingerprint density at radius 1 is 0.850 bits per heavy atom. The summed E-state index contributed by atoms with van der Waals surface area (Å²) in [6.07, 6.45) is 10.7. The Hall–Kier alpha value is 0. The van der Waals surface area contributed by atoms with Crippen LogP contribution in [0.3, 0.4) is 0 Å². The molecule has 0 amide bonds. The van der Waals surface area contributed by atoms with Crippen molar-refractivity contribution in [3.63, 3.8) is 0 Å². The number of rotatable bonds is 1. The molecule has 3 aliphatic carbocycles. The molecule has 0 heterocycles. The maximum Gasteiger partial charge on any atom is -0.0292 e. The van der Waals surface area contributed by atoms with Crippen molar-refractivity contribution in [2.45, 2.75) is 79.6 Å². The number of fused-ring (bicyclic) bond motifs is 2. The quantitative estimate of drug-likeness (QED) is 0.538. The molecule has 3 fully saturated rings. The van der Waals surface area contributed by atoms with E-state index in [2.05, 4.69) is 34.6 Å². The molecule has 3 aliphatic rings. The van der Waals surface area contributed by atoms with Gasteiger partial charge in [0.25, 0.3) is 0 Å². The van der Waals surface area contributed by atoms with Gasteiger partial charge in [0.15, 0.2) is 0 Å². The van der Waals surface area contributed by atoms with Gasteiger partial charge in [-0.05, 0) is 78.9 Å². The lowest BCUT2D eigenvalue weighted by Crippen LogP contribution is -2.36. The molecule has 20 heavy (non-hydrogen) atoms. The largest absolute Gasteiger partial charge is 0.0625 e. The van der Waals surface area contributed by atoms with Gasteiger partial charge >= 0.3 is 0 Å². The smallest absolute Gasteiger partial charge is 0.0292 e. The van der Waals surface area contributed by atoms with Crippen molar-refractivity contribution in [1.82, 2.24) is 0 Å². The third-order valence-electron chi connectivity index (χ3n) is 7.92. The average molecular weight is 277 g/mol. The normalized spacial score (nSPS) is 52.5. The van der Waals surface area contributed by atoms with Crippen LogP contribution in [0, 0.1) is 46.8 Å². The lowest BCUT2D eigenvalue weighted by molar-refractivity contribution is 0.0561. The van der Waals surface area contributed by atoms with Gasteiger partial charge in [-0.25, -0.2) is 0 Å². The van der Waals surface area contributed by atoms with Gasteiger partial charge < -0.3 is 0 Å². The predicted octanol–water partition coefficient (Wildman–Crippen LogP) is 6.16. The predicted molar refractivity (Wildman–Crippen MR) is 87.6 cm³/mol. The zero-order valence-electron chi connectivity index (χ0n) is 14.5. The molecular weight excluding hydrogens is 240 g/mol. The molecule has 0 nitrogen and oxygen atoms in total. The first-order chi connectivity index (χ1) is 9.42. The van der Waals surface area contributed by atoms with E-state index in [4.69, 9.17) is 0 Å². The van der Waals surface area contributed by atoms with Gasteiger partial charge in [-0.2, -0.15) is 0 Å². The minimum Gasteiger partial charge on any atom is -0.0625 e. The maximum atomic E-state index is 2.66. The molecule has 3 rings (SSSR count). The van der Waals surface area contributed by atoms with E-state index in [1.165, 1.54) is 38.5 Å². The van der Waals surface area contributed by atoms with Crippen molar-refractivity contribution >= 4 is 0 Å². The topological polar surface area (TPSA) is 0 Å². The fraction of sp³-hybridized carbons (Fsp3) is 1.00. The van der Waals surface area contributed by atoms with Gasteiger partial charge in [0.2, 0.25) is 0 Å². The van der Waals surface area contributed by atoms with E-state index >= 15 is 0 Å². The summed E-state index contributed by atoms with van der Waals surface area (Å²) in [5, 5.41) is 0. The Bertz CT molecular complexity index is 344. The highest BCUT2D eigenvalue weighted by Gasteiger charge is 2.50. The van der Waals surface area contributed by atoms with Crippen LogP contribution in [0.25, 0.3) is 0 Å². The van der Waals surface area contributed by atoms with E-state index < -0.39 is 0 Å². The molecule has 5 unspecified atom stereocenters. The molecule has 0 N–H and O–H groups in total. The second-order valence-corrected chi connectivity index (χ2v) is 9.35. The van der Waals surface area contributed by atoms with Gasteiger partial charge in [-0.3, -0.25) is 0 Å². The average Bonchev–Trinajstić information content (AvgIpc) is 2.88. The van der Waals surface area contributed by atoms with Crippen LogP contribution in [0.15, 0.2) is 0 Å². The highest BCUT2D eigenvalue weighted by Crippen LogP contribution is 2.60. The van der Waals surface area contributed by atoms with Crippen LogP contribution in [-0.2, 0) is 0 Å². The van der Waals surface area contributed by atoms with Crippen LogP contribution >= 0.6 is 0 Å². The highest BCUT2D eigenvalue weighted by atomic mass is 14.6. The second-order valence-electron chi connectivity index (χ2n) is 9.35. The summed E-state index contributed by atoms with van der Waals surface area (Å²) in [5.74, 6) is 7.02. The van der Waals surface area contributed by atoms with E-state index in [1.807, 2.05) is 0 Å². The summed E-state index contributed by atoms with van der Waals surface area (Å²) in [4.78, 5) is 0. The highest BCUT2D eigenvalue weighted by molar-refractivity contribution is 5.00. The molecule has 0 aliphatic heterocycles. The Kier molecular flexibility index (Phi) is 3.97. The third kappa shape index (κ3) is 2.35. The summed E-state index contributed by atoms with van der Waals surface area (Å²) in [5.41, 5.74) is 0.677. The summed E-state index contributed by atoms with van der Waals surface area (Å²) in [6.45, 7) is 12.7. The fourth-order valence-electron chi connectivity index (χ4n) is 6.57. The Morgan fingerprint density at radius 2 is 1.50 bits per heavy atom. The molecule has 0 aromatic rings. The van der Waals surface area contributed by atoms with E-state index in [1.54, 1.807) is 6.42 Å². The van der Waals surface area contributed by atoms with Gasteiger partial charge in [0.05, 0.1) is 0 Å². The van der Waals surface area contributed by atoms with Gasteiger partial charge in [-0.1, -0.05) is 47.5 Å². The third-order valence-corrected chi connectivity index (χ3v) is 7.92. The van der Waals surface area contributed by atoms with Gasteiger partial charge in [0, 0.05) is 0 Å². The second kappa shape index (κ2) is 5.33. The zero-order valence-corrected chi connectivity index (χ0v) is 14.5. The fourth-order valence-corrected chi connectivity index (χ4v) is 6.57. The number of hydrogen-bond acceptors (Lipinski definition) is 0. The minimum absolute atomic E-state index is 0.677. The molecule has 0 spiro atoms. The molecule has 116 valence electrons. The molecular formula is C20H36. The Balaban J connectivity index is 1.85. The van der Waals surface area contributed by atoms with Crippen LogP contribution in [0.4, 0.5) is 0 Å². The first kappa shape index (κ1) is 14.9. The standard InChI is InChI=1S/C20H36/c1-13(2)16-10-11-20(5)12-18-15(4)6-8-17(18)14(3)7-9-19(16)20/h13-19H,6-12H2,1-5H3/t14?,15?,16-,17?,18?,19?,20-/m0/s1. The zero-order chi connectivity index (χ0) is 14.5.